The number of rotatable bonds is 4. The zero-order valence-electron chi connectivity index (χ0n) is 9.97. The fourth-order valence-corrected chi connectivity index (χ4v) is 1.71. The van der Waals surface area contributed by atoms with Crippen molar-refractivity contribution in [2.75, 3.05) is 0 Å². The van der Waals surface area contributed by atoms with Crippen LogP contribution in [-0.4, -0.2) is 10.1 Å². The molecule has 6 heteroatoms. The van der Waals surface area contributed by atoms with Gasteiger partial charge < -0.3 is 9.26 Å². The Balaban J connectivity index is 1.71. The van der Waals surface area contributed by atoms with Crippen LogP contribution in [0.1, 0.15) is 36.0 Å². The van der Waals surface area contributed by atoms with E-state index in [0.29, 0.717) is 17.6 Å². The molecule has 96 valence electrons. The van der Waals surface area contributed by atoms with Gasteiger partial charge in [-0.15, -0.1) is 0 Å². The summed E-state index contributed by atoms with van der Waals surface area (Å²) in [4.78, 5) is 4.19. The second kappa shape index (κ2) is 4.69. The molecular weight excluding hydrogens is 249 g/mol. The SMILES string of the molecule is N#Cc1c(F)cccc1OCc1nc(C2CC2)no1. The predicted molar refractivity (Wildman–Crippen MR) is 61.7 cm³/mol. The minimum absolute atomic E-state index is 0.0256. The molecule has 0 amide bonds. The number of halogens is 1. The molecule has 1 aromatic carbocycles. The van der Waals surface area contributed by atoms with E-state index in [0.717, 1.165) is 12.8 Å². The molecule has 1 heterocycles. The number of nitriles is 1. The van der Waals surface area contributed by atoms with Crippen molar-refractivity contribution in [2.24, 2.45) is 0 Å². The maximum Gasteiger partial charge on any atom is 0.264 e. The first-order valence-corrected chi connectivity index (χ1v) is 5.92. The van der Waals surface area contributed by atoms with E-state index in [1.54, 1.807) is 6.07 Å². The number of hydrogen-bond acceptors (Lipinski definition) is 5. The largest absolute Gasteiger partial charge is 0.482 e. The van der Waals surface area contributed by atoms with Gasteiger partial charge in [-0.05, 0) is 25.0 Å². The zero-order valence-corrected chi connectivity index (χ0v) is 9.97. The van der Waals surface area contributed by atoms with Crippen LogP contribution in [0.5, 0.6) is 5.75 Å². The van der Waals surface area contributed by atoms with Gasteiger partial charge in [-0.2, -0.15) is 10.2 Å². The Bertz CT molecular complexity index is 644. The first-order valence-electron chi connectivity index (χ1n) is 5.92. The number of nitrogens with zero attached hydrogens (tertiary/aromatic N) is 3. The molecule has 19 heavy (non-hydrogen) atoms. The van der Waals surface area contributed by atoms with Gasteiger partial charge in [0.1, 0.15) is 23.2 Å². The highest BCUT2D eigenvalue weighted by Crippen LogP contribution is 2.38. The normalized spacial score (nSPS) is 14.1. The van der Waals surface area contributed by atoms with Gasteiger partial charge in [0.25, 0.3) is 5.89 Å². The third-order valence-electron chi connectivity index (χ3n) is 2.86. The summed E-state index contributed by atoms with van der Waals surface area (Å²) >= 11 is 0. The second-order valence-corrected chi connectivity index (χ2v) is 4.33. The van der Waals surface area contributed by atoms with E-state index in [1.807, 2.05) is 0 Å². The number of benzene rings is 1. The molecule has 0 N–H and O–H groups in total. The summed E-state index contributed by atoms with van der Waals surface area (Å²) in [6, 6.07) is 5.99. The van der Waals surface area contributed by atoms with Crippen molar-refractivity contribution in [1.82, 2.24) is 10.1 Å². The fourth-order valence-electron chi connectivity index (χ4n) is 1.71. The Morgan fingerprint density at radius 3 is 3.05 bits per heavy atom. The number of ether oxygens (including phenoxy) is 1. The van der Waals surface area contributed by atoms with Crippen molar-refractivity contribution in [3.05, 3.63) is 41.3 Å². The minimum atomic E-state index is -0.607. The van der Waals surface area contributed by atoms with Crippen LogP contribution in [-0.2, 0) is 6.61 Å². The molecule has 5 nitrogen and oxygen atoms in total. The third-order valence-corrected chi connectivity index (χ3v) is 2.86. The molecule has 0 unspecified atom stereocenters. The van der Waals surface area contributed by atoms with Crippen LogP contribution in [0.3, 0.4) is 0 Å². The lowest BCUT2D eigenvalue weighted by atomic mass is 10.2. The predicted octanol–water partition coefficient (Wildman–Crippen LogP) is 2.54. The molecule has 0 atom stereocenters. The summed E-state index contributed by atoms with van der Waals surface area (Å²) < 4.78 is 23.7. The highest BCUT2D eigenvalue weighted by atomic mass is 19.1. The van der Waals surface area contributed by atoms with Gasteiger partial charge in [-0.3, -0.25) is 0 Å². The molecule has 0 spiro atoms. The van der Waals surface area contributed by atoms with Gasteiger partial charge in [-0.1, -0.05) is 11.2 Å². The van der Waals surface area contributed by atoms with Crippen molar-refractivity contribution in [3.8, 4) is 11.8 Å². The van der Waals surface area contributed by atoms with E-state index >= 15 is 0 Å². The Hall–Kier alpha value is -2.42. The zero-order chi connectivity index (χ0) is 13.2. The summed E-state index contributed by atoms with van der Waals surface area (Å²) in [5.41, 5.74) is -0.121. The molecule has 1 aromatic heterocycles. The van der Waals surface area contributed by atoms with Gasteiger partial charge in [0.05, 0.1) is 0 Å². The van der Waals surface area contributed by atoms with Crippen LogP contribution in [0.25, 0.3) is 0 Å². The second-order valence-electron chi connectivity index (χ2n) is 4.33. The minimum Gasteiger partial charge on any atom is -0.482 e. The summed E-state index contributed by atoms with van der Waals surface area (Å²) in [7, 11) is 0. The average molecular weight is 259 g/mol. The molecule has 2 aromatic rings. The number of aromatic nitrogens is 2. The van der Waals surface area contributed by atoms with Crippen LogP contribution >= 0.6 is 0 Å². The highest BCUT2D eigenvalue weighted by molar-refractivity contribution is 5.43. The maximum atomic E-state index is 13.3. The van der Waals surface area contributed by atoms with Gasteiger partial charge in [-0.25, -0.2) is 4.39 Å². The average Bonchev–Trinajstić information content (AvgIpc) is 3.16. The Labute approximate surface area is 108 Å². The molecule has 1 aliphatic rings. The molecule has 1 saturated carbocycles. The lowest BCUT2D eigenvalue weighted by Crippen LogP contribution is -1.99. The summed E-state index contributed by atoms with van der Waals surface area (Å²) in [5.74, 6) is 0.993. The van der Waals surface area contributed by atoms with Crippen molar-refractivity contribution in [3.63, 3.8) is 0 Å². The van der Waals surface area contributed by atoms with Gasteiger partial charge in [0.2, 0.25) is 0 Å². The monoisotopic (exact) mass is 259 g/mol. The van der Waals surface area contributed by atoms with Crippen molar-refractivity contribution < 1.29 is 13.7 Å². The van der Waals surface area contributed by atoms with E-state index in [4.69, 9.17) is 14.5 Å². The third kappa shape index (κ3) is 2.40. The van der Waals surface area contributed by atoms with Gasteiger partial charge in [0, 0.05) is 5.92 Å². The topological polar surface area (TPSA) is 71.9 Å². The van der Waals surface area contributed by atoms with Gasteiger partial charge >= 0.3 is 0 Å². The number of hydrogen-bond donors (Lipinski definition) is 0. The van der Waals surface area contributed by atoms with E-state index < -0.39 is 5.82 Å². The summed E-state index contributed by atoms with van der Waals surface area (Å²) in [6.07, 6.45) is 2.17. The molecule has 0 saturated heterocycles. The maximum absolute atomic E-state index is 13.3. The Morgan fingerprint density at radius 2 is 2.32 bits per heavy atom. The van der Waals surface area contributed by atoms with Crippen LogP contribution in [0.2, 0.25) is 0 Å². The van der Waals surface area contributed by atoms with Crippen LogP contribution in [0, 0.1) is 17.1 Å². The molecule has 1 aliphatic carbocycles. The molecular formula is C13H10FN3O2. The summed E-state index contributed by atoms with van der Waals surface area (Å²) in [6.45, 7) is 0.0256. The van der Waals surface area contributed by atoms with E-state index in [9.17, 15) is 4.39 Å². The van der Waals surface area contributed by atoms with E-state index in [1.165, 1.54) is 18.2 Å². The molecule has 1 fully saturated rings. The molecule has 0 radical (unpaired) electrons. The lowest BCUT2D eigenvalue weighted by Gasteiger charge is -2.05. The van der Waals surface area contributed by atoms with E-state index in [2.05, 4.69) is 10.1 Å². The van der Waals surface area contributed by atoms with Crippen molar-refractivity contribution in [1.29, 1.82) is 5.26 Å². The van der Waals surface area contributed by atoms with E-state index in [-0.39, 0.29) is 17.9 Å². The highest BCUT2D eigenvalue weighted by Gasteiger charge is 2.28. The van der Waals surface area contributed by atoms with Crippen LogP contribution in [0.15, 0.2) is 22.7 Å². The first kappa shape index (κ1) is 11.7. The van der Waals surface area contributed by atoms with Gasteiger partial charge in [0.15, 0.2) is 12.4 Å². The standard InChI is InChI=1S/C13H10FN3O2/c14-10-2-1-3-11(9(10)6-15)18-7-12-16-13(17-19-12)8-4-5-8/h1-3,8H,4-5,7H2. The Morgan fingerprint density at radius 1 is 1.47 bits per heavy atom. The fraction of sp³-hybridized carbons (Fsp3) is 0.308. The smallest absolute Gasteiger partial charge is 0.264 e. The van der Waals surface area contributed by atoms with Crippen molar-refractivity contribution >= 4 is 0 Å². The van der Waals surface area contributed by atoms with Crippen LogP contribution < -0.4 is 4.74 Å². The first-order chi connectivity index (χ1) is 9.28. The molecule has 3 rings (SSSR count). The van der Waals surface area contributed by atoms with Crippen LogP contribution in [0.4, 0.5) is 4.39 Å². The molecule has 0 bridgehead atoms. The summed E-state index contributed by atoms with van der Waals surface area (Å²) in [5, 5.41) is 12.7. The van der Waals surface area contributed by atoms with Crippen molar-refractivity contribution in [2.45, 2.75) is 25.4 Å². The quantitative estimate of drug-likeness (QED) is 0.843. The Kier molecular flexibility index (Phi) is 2.88. The molecule has 0 aliphatic heterocycles. The lowest BCUT2D eigenvalue weighted by molar-refractivity contribution is 0.241.